The van der Waals surface area contributed by atoms with E-state index in [2.05, 4.69) is 98.5 Å². The molecule has 0 radical (unpaired) electrons. The van der Waals surface area contributed by atoms with Crippen LogP contribution >= 0.6 is 0 Å². The maximum Gasteiger partial charge on any atom is 0.261 e. The quantitative estimate of drug-likeness (QED) is 0.217. The molecular formula is C35H36N2O3Si. The van der Waals surface area contributed by atoms with Crippen LogP contribution in [0.5, 0.6) is 0 Å². The zero-order valence-electron chi connectivity index (χ0n) is 23.9. The third kappa shape index (κ3) is 4.66. The Labute approximate surface area is 243 Å². The molecule has 208 valence electrons. The van der Waals surface area contributed by atoms with Crippen molar-refractivity contribution in [3.63, 3.8) is 0 Å². The second kappa shape index (κ2) is 10.9. The SMILES string of the molecule is CC(C)(C)[Si](OCCN1C[C@@H](N2C(=O)c3ccccc3C2=O)[C@H]1c1ccccc1)(c1ccccc1)c1ccccc1. The number of nitrogens with zero attached hydrogens (tertiary/aromatic N) is 2. The summed E-state index contributed by atoms with van der Waals surface area (Å²) in [4.78, 5) is 30.6. The van der Waals surface area contributed by atoms with Crippen molar-refractivity contribution in [2.45, 2.75) is 37.9 Å². The Morgan fingerprint density at radius 2 is 1.17 bits per heavy atom. The van der Waals surface area contributed by atoms with Gasteiger partial charge in [-0.15, -0.1) is 0 Å². The number of benzene rings is 4. The molecule has 0 bridgehead atoms. The van der Waals surface area contributed by atoms with E-state index in [9.17, 15) is 9.59 Å². The van der Waals surface area contributed by atoms with E-state index in [1.54, 1.807) is 12.1 Å². The Morgan fingerprint density at radius 1 is 0.707 bits per heavy atom. The first-order chi connectivity index (χ1) is 19.8. The van der Waals surface area contributed by atoms with E-state index in [1.807, 2.05) is 30.3 Å². The topological polar surface area (TPSA) is 49.9 Å². The van der Waals surface area contributed by atoms with Gasteiger partial charge in [0.15, 0.2) is 0 Å². The maximum absolute atomic E-state index is 13.4. The van der Waals surface area contributed by atoms with Crippen LogP contribution in [-0.4, -0.2) is 55.7 Å². The molecule has 41 heavy (non-hydrogen) atoms. The van der Waals surface area contributed by atoms with E-state index < -0.39 is 8.32 Å². The fourth-order valence-corrected chi connectivity index (χ4v) is 11.2. The lowest BCUT2D eigenvalue weighted by atomic mass is 9.88. The summed E-state index contributed by atoms with van der Waals surface area (Å²) >= 11 is 0. The van der Waals surface area contributed by atoms with Crippen LogP contribution in [0.4, 0.5) is 0 Å². The number of amides is 2. The minimum absolute atomic E-state index is 0.0823. The molecule has 2 atom stereocenters. The monoisotopic (exact) mass is 560 g/mol. The summed E-state index contributed by atoms with van der Waals surface area (Å²) < 4.78 is 7.16. The molecule has 0 N–H and O–H groups in total. The molecule has 6 rings (SSSR count). The van der Waals surface area contributed by atoms with E-state index in [-0.39, 0.29) is 28.9 Å². The highest BCUT2D eigenvalue weighted by Gasteiger charge is 2.52. The van der Waals surface area contributed by atoms with Crippen molar-refractivity contribution in [1.29, 1.82) is 0 Å². The molecule has 0 saturated carbocycles. The fraction of sp³-hybridized carbons (Fsp3) is 0.257. The predicted octanol–water partition coefficient (Wildman–Crippen LogP) is 5.28. The maximum atomic E-state index is 13.4. The van der Waals surface area contributed by atoms with Crippen LogP contribution in [0.1, 0.15) is 53.1 Å². The van der Waals surface area contributed by atoms with Gasteiger partial charge in [-0.05, 0) is 33.1 Å². The van der Waals surface area contributed by atoms with Gasteiger partial charge in [-0.3, -0.25) is 19.4 Å². The molecule has 1 saturated heterocycles. The summed E-state index contributed by atoms with van der Waals surface area (Å²) in [5.74, 6) is -0.389. The fourth-order valence-electron chi connectivity index (χ4n) is 6.68. The van der Waals surface area contributed by atoms with Gasteiger partial charge in [-0.1, -0.05) is 124 Å². The van der Waals surface area contributed by atoms with Crippen LogP contribution in [0, 0.1) is 0 Å². The normalized spacial score (nSPS) is 19.2. The number of fused-ring (bicyclic) bond motifs is 1. The van der Waals surface area contributed by atoms with Crippen LogP contribution in [0.3, 0.4) is 0 Å². The highest BCUT2D eigenvalue weighted by atomic mass is 28.4. The smallest absolute Gasteiger partial charge is 0.261 e. The molecule has 6 heteroatoms. The lowest BCUT2D eigenvalue weighted by molar-refractivity contribution is -0.0194. The van der Waals surface area contributed by atoms with Crippen LogP contribution in [0.15, 0.2) is 115 Å². The van der Waals surface area contributed by atoms with Crippen molar-refractivity contribution in [3.05, 3.63) is 132 Å². The molecule has 0 aliphatic carbocycles. The third-order valence-corrected chi connectivity index (χ3v) is 13.6. The van der Waals surface area contributed by atoms with Gasteiger partial charge >= 0.3 is 0 Å². The average molecular weight is 561 g/mol. The first-order valence-corrected chi connectivity index (χ1v) is 16.2. The zero-order valence-corrected chi connectivity index (χ0v) is 24.9. The summed E-state index contributed by atoms with van der Waals surface area (Å²) in [6.45, 7) is 8.72. The van der Waals surface area contributed by atoms with Crippen molar-refractivity contribution >= 4 is 30.5 Å². The number of carbonyl (C=O) groups excluding carboxylic acids is 2. The molecule has 0 aromatic heterocycles. The first-order valence-electron chi connectivity index (χ1n) is 14.3. The summed E-state index contributed by atoms with van der Waals surface area (Å²) in [5, 5.41) is 2.41. The minimum Gasteiger partial charge on any atom is -0.406 e. The van der Waals surface area contributed by atoms with Crippen LogP contribution in [0.2, 0.25) is 5.04 Å². The van der Waals surface area contributed by atoms with Crippen molar-refractivity contribution in [3.8, 4) is 0 Å². The highest BCUT2D eigenvalue weighted by Crippen LogP contribution is 2.41. The van der Waals surface area contributed by atoms with Gasteiger partial charge in [0.1, 0.15) is 0 Å². The number of carbonyl (C=O) groups is 2. The van der Waals surface area contributed by atoms with Crippen LogP contribution in [-0.2, 0) is 4.43 Å². The Kier molecular flexibility index (Phi) is 7.24. The molecule has 0 unspecified atom stereocenters. The van der Waals surface area contributed by atoms with E-state index in [4.69, 9.17) is 4.43 Å². The first kappa shape index (κ1) is 27.3. The number of likely N-dealkylation sites (tertiary alicyclic amines) is 1. The predicted molar refractivity (Wildman–Crippen MR) is 165 cm³/mol. The highest BCUT2D eigenvalue weighted by molar-refractivity contribution is 6.99. The van der Waals surface area contributed by atoms with E-state index in [0.29, 0.717) is 30.8 Å². The zero-order chi connectivity index (χ0) is 28.6. The number of hydrogen-bond donors (Lipinski definition) is 0. The van der Waals surface area contributed by atoms with Gasteiger partial charge in [0.05, 0.1) is 23.2 Å². The molecular weight excluding hydrogens is 524 g/mol. The standard InChI is InChI=1S/C35H36N2O3Si/c1-35(2,3)41(27-17-9-5-10-18-27,28-19-11-6-12-20-28)40-24-23-36-25-31(32(36)26-15-7-4-8-16-26)37-33(38)29-21-13-14-22-30(29)34(37)39/h4-22,31-32H,23-25H2,1-3H3/t31-,32-/m1/s1. The lowest BCUT2D eigenvalue weighted by Crippen LogP contribution is -2.67. The molecule has 0 spiro atoms. The summed E-state index contributed by atoms with van der Waals surface area (Å²) in [5.41, 5.74) is 2.10. The Balaban J connectivity index is 1.27. The van der Waals surface area contributed by atoms with Gasteiger partial charge in [-0.25, -0.2) is 0 Å². The van der Waals surface area contributed by atoms with Gasteiger partial charge in [0, 0.05) is 19.7 Å². The molecule has 2 heterocycles. The summed E-state index contributed by atoms with van der Waals surface area (Å²) in [7, 11) is -2.66. The van der Waals surface area contributed by atoms with E-state index in [1.165, 1.54) is 15.3 Å². The van der Waals surface area contributed by atoms with Gasteiger partial charge in [0.2, 0.25) is 0 Å². The van der Waals surface area contributed by atoms with Gasteiger partial charge in [0.25, 0.3) is 20.1 Å². The van der Waals surface area contributed by atoms with Crippen LogP contribution in [0.25, 0.3) is 0 Å². The van der Waals surface area contributed by atoms with E-state index >= 15 is 0 Å². The lowest BCUT2D eigenvalue weighted by Gasteiger charge is -2.51. The van der Waals surface area contributed by atoms with Crippen LogP contribution < -0.4 is 10.4 Å². The molecule has 4 aromatic rings. The van der Waals surface area contributed by atoms with E-state index in [0.717, 1.165) is 5.56 Å². The molecule has 5 nitrogen and oxygen atoms in total. The van der Waals surface area contributed by atoms with Crippen molar-refractivity contribution in [2.75, 3.05) is 19.7 Å². The second-order valence-electron chi connectivity index (χ2n) is 12.0. The Morgan fingerprint density at radius 3 is 1.66 bits per heavy atom. The minimum atomic E-state index is -2.66. The van der Waals surface area contributed by atoms with Gasteiger partial charge < -0.3 is 4.43 Å². The average Bonchev–Trinajstić information content (AvgIpc) is 3.22. The number of rotatable bonds is 8. The van der Waals surface area contributed by atoms with Crippen molar-refractivity contribution in [1.82, 2.24) is 9.80 Å². The molecule has 4 aromatic carbocycles. The summed E-state index contributed by atoms with van der Waals surface area (Å²) in [6, 6.07) is 38.4. The van der Waals surface area contributed by atoms with Gasteiger partial charge in [-0.2, -0.15) is 0 Å². The Hall–Kier alpha value is -3.84. The molecule has 2 aliphatic heterocycles. The molecule has 2 amide bonds. The number of imide groups is 1. The Bertz CT molecular complexity index is 1460. The summed E-state index contributed by atoms with van der Waals surface area (Å²) in [6.07, 6.45) is 0. The molecule has 2 aliphatic rings. The number of hydrogen-bond acceptors (Lipinski definition) is 4. The second-order valence-corrected chi connectivity index (χ2v) is 16.3. The van der Waals surface area contributed by atoms with Crippen molar-refractivity contribution in [2.24, 2.45) is 0 Å². The van der Waals surface area contributed by atoms with Crippen molar-refractivity contribution < 1.29 is 14.0 Å². The third-order valence-electron chi connectivity index (χ3n) is 8.59. The molecule has 1 fully saturated rings. The largest absolute Gasteiger partial charge is 0.406 e.